The number of hydrogen-bond donors (Lipinski definition) is 1. The molecule has 0 atom stereocenters. The zero-order chi connectivity index (χ0) is 13.3. The zero-order valence-electron chi connectivity index (χ0n) is 12.1. The van der Waals surface area contributed by atoms with Gasteiger partial charge in [0.2, 0.25) is 0 Å². The van der Waals surface area contributed by atoms with Gasteiger partial charge in [-0.3, -0.25) is 4.68 Å². The minimum Gasteiger partial charge on any atom is -0.357 e. The summed E-state index contributed by atoms with van der Waals surface area (Å²) in [4.78, 5) is 2.40. The zero-order valence-corrected chi connectivity index (χ0v) is 12.1. The van der Waals surface area contributed by atoms with Gasteiger partial charge in [-0.2, -0.15) is 5.10 Å². The average molecular weight is 250 g/mol. The molecule has 0 spiro atoms. The molecule has 1 saturated carbocycles. The SMILES string of the molecule is Cc1nn(C)c(N(C)C2CCC(C)CC2)c1CN. The van der Waals surface area contributed by atoms with Crippen LogP contribution in [0.1, 0.15) is 43.9 Å². The summed E-state index contributed by atoms with van der Waals surface area (Å²) in [6, 6.07) is 0.640. The molecule has 1 aromatic heterocycles. The van der Waals surface area contributed by atoms with Gasteiger partial charge < -0.3 is 10.6 Å². The van der Waals surface area contributed by atoms with Gasteiger partial charge in [0.15, 0.2) is 0 Å². The minimum atomic E-state index is 0.572. The Labute approximate surface area is 110 Å². The lowest BCUT2D eigenvalue weighted by molar-refractivity contribution is 0.338. The molecule has 4 heteroatoms. The molecule has 2 N–H and O–H groups in total. The maximum Gasteiger partial charge on any atom is 0.131 e. The molecule has 1 heterocycles. The number of nitrogens with zero attached hydrogens (tertiary/aromatic N) is 3. The van der Waals surface area contributed by atoms with Crippen LogP contribution in [0.25, 0.3) is 0 Å². The lowest BCUT2D eigenvalue weighted by atomic mass is 9.86. The first kappa shape index (κ1) is 13.4. The van der Waals surface area contributed by atoms with E-state index < -0.39 is 0 Å². The van der Waals surface area contributed by atoms with Crippen molar-refractivity contribution in [2.75, 3.05) is 11.9 Å². The summed E-state index contributed by atoms with van der Waals surface area (Å²) in [6.07, 6.45) is 5.24. The normalized spacial score (nSPS) is 24.3. The summed E-state index contributed by atoms with van der Waals surface area (Å²) in [7, 11) is 4.21. The molecular weight excluding hydrogens is 224 g/mol. The van der Waals surface area contributed by atoms with Gasteiger partial charge in [-0.1, -0.05) is 6.92 Å². The Morgan fingerprint density at radius 3 is 2.50 bits per heavy atom. The molecule has 0 aromatic carbocycles. The van der Waals surface area contributed by atoms with Crippen LogP contribution < -0.4 is 10.6 Å². The molecule has 0 amide bonds. The fraction of sp³-hybridized carbons (Fsp3) is 0.786. The Balaban J connectivity index is 2.20. The Morgan fingerprint density at radius 1 is 1.33 bits per heavy atom. The van der Waals surface area contributed by atoms with E-state index in [1.54, 1.807) is 0 Å². The summed E-state index contributed by atoms with van der Waals surface area (Å²) in [6.45, 7) is 4.97. The molecule has 4 nitrogen and oxygen atoms in total. The number of hydrogen-bond acceptors (Lipinski definition) is 3. The summed E-state index contributed by atoms with van der Waals surface area (Å²) in [5.74, 6) is 2.09. The van der Waals surface area contributed by atoms with Crippen molar-refractivity contribution in [1.82, 2.24) is 9.78 Å². The first-order valence-corrected chi connectivity index (χ1v) is 7.00. The molecule has 2 rings (SSSR count). The second kappa shape index (κ2) is 5.31. The van der Waals surface area contributed by atoms with Gasteiger partial charge in [0, 0.05) is 32.2 Å². The fourth-order valence-corrected chi connectivity index (χ4v) is 3.17. The topological polar surface area (TPSA) is 47.1 Å². The standard InChI is InChI=1S/C14H26N4/c1-10-5-7-12(8-6-10)17(3)14-13(9-15)11(2)16-18(14)4/h10,12H,5-9,15H2,1-4H3. The van der Waals surface area contributed by atoms with E-state index in [1.807, 2.05) is 18.7 Å². The van der Waals surface area contributed by atoms with Crippen LogP contribution in [0.5, 0.6) is 0 Å². The molecule has 1 aliphatic carbocycles. The van der Waals surface area contributed by atoms with Crippen molar-refractivity contribution < 1.29 is 0 Å². The third kappa shape index (κ3) is 2.39. The Morgan fingerprint density at radius 2 is 1.94 bits per heavy atom. The van der Waals surface area contributed by atoms with Crippen LogP contribution in [0, 0.1) is 12.8 Å². The molecule has 0 bridgehead atoms. The van der Waals surface area contributed by atoms with Crippen molar-refractivity contribution in [3.05, 3.63) is 11.3 Å². The molecule has 1 aromatic rings. The third-order valence-corrected chi connectivity index (χ3v) is 4.38. The number of anilines is 1. The lowest BCUT2D eigenvalue weighted by Gasteiger charge is -2.35. The minimum absolute atomic E-state index is 0.572. The van der Waals surface area contributed by atoms with Crippen LogP contribution >= 0.6 is 0 Å². The molecule has 18 heavy (non-hydrogen) atoms. The summed E-state index contributed by atoms with van der Waals surface area (Å²) < 4.78 is 1.98. The van der Waals surface area contributed by atoms with E-state index in [-0.39, 0.29) is 0 Å². The van der Waals surface area contributed by atoms with Gasteiger partial charge >= 0.3 is 0 Å². The van der Waals surface area contributed by atoms with Gasteiger partial charge in [0.25, 0.3) is 0 Å². The largest absolute Gasteiger partial charge is 0.357 e. The Bertz CT molecular complexity index is 402. The van der Waals surface area contributed by atoms with Gasteiger partial charge in [-0.15, -0.1) is 0 Å². The van der Waals surface area contributed by atoms with E-state index in [0.717, 1.165) is 11.6 Å². The lowest BCUT2D eigenvalue weighted by Crippen LogP contribution is -2.36. The van der Waals surface area contributed by atoms with Crippen LogP contribution in [-0.2, 0) is 13.6 Å². The number of aromatic nitrogens is 2. The quantitative estimate of drug-likeness (QED) is 0.894. The van der Waals surface area contributed by atoms with Crippen LogP contribution in [0.15, 0.2) is 0 Å². The van der Waals surface area contributed by atoms with Gasteiger partial charge in [-0.25, -0.2) is 0 Å². The van der Waals surface area contributed by atoms with Crippen molar-refractivity contribution >= 4 is 5.82 Å². The van der Waals surface area contributed by atoms with E-state index >= 15 is 0 Å². The van der Waals surface area contributed by atoms with Crippen LogP contribution in [0.4, 0.5) is 5.82 Å². The van der Waals surface area contributed by atoms with Crippen LogP contribution in [0.3, 0.4) is 0 Å². The molecule has 0 saturated heterocycles. The summed E-state index contributed by atoms with van der Waals surface area (Å²) in [5.41, 5.74) is 8.13. The van der Waals surface area contributed by atoms with Gasteiger partial charge in [0.1, 0.15) is 5.82 Å². The monoisotopic (exact) mass is 250 g/mol. The maximum atomic E-state index is 5.87. The van der Waals surface area contributed by atoms with Gasteiger partial charge in [-0.05, 0) is 38.5 Å². The Kier molecular flexibility index (Phi) is 3.95. The first-order valence-electron chi connectivity index (χ1n) is 7.00. The van der Waals surface area contributed by atoms with Gasteiger partial charge in [0.05, 0.1) is 5.69 Å². The van der Waals surface area contributed by atoms with Crippen molar-refractivity contribution in [2.24, 2.45) is 18.7 Å². The van der Waals surface area contributed by atoms with E-state index in [1.165, 1.54) is 37.1 Å². The van der Waals surface area contributed by atoms with Crippen molar-refractivity contribution in [3.8, 4) is 0 Å². The molecule has 102 valence electrons. The van der Waals surface area contributed by atoms with E-state index in [9.17, 15) is 0 Å². The Hall–Kier alpha value is -1.03. The highest BCUT2D eigenvalue weighted by molar-refractivity contribution is 5.50. The molecule has 1 fully saturated rings. The number of aryl methyl sites for hydroxylation is 2. The highest BCUT2D eigenvalue weighted by atomic mass is 15.4. The van der Waals surface area contributed by atoms with E-state index in [2.05, 4.69) is 24.0 Å². The molecule has 0 aliphatic heterocycles. The highest BCUT2D eigenvalue weighted by Gasteiger charge is 2.25. The maximum absolute atomic E-state index is 5.87. The average Bonchev–Trinajstić information content (AvgIpc) is 2.63. The molecule has 0 radical (unpaired) electrons. The van der Waals surface area contributed by atoms with E-state index in [4.69, 9.17) is 5.73 Å². The van der Waals surface area contributed by atoms with E-state index in [0.29, 0.717) is 12.6 Å². The molecular formula is C14H26N4. The van der Waals surface area contributed by atoms with Crippen molar-refractivity contribution in [1.29, 1.82) is 0 Å². The third-order valence-electron chi connectivity index (χ3n) is 4.38. The second-order valence-corrected chi connectivity index (χ2v) is 5.74. The highest BCUT2D eigenvalue weighted by Crippen LogP contribution is 2.31. The molecule has 0 unspecified atom stereocenters. The van der Waals surface area contributed by atoms with Crippen molar-refractivity contribution in [3.63, 3.8) is 0 Å². The summed E-state index contributed by atoms with van der Waals surface area (Å²) >= 11 is 0. The predicted octanol–water partition coefficient (Wildman–Crippen LogP) is 2.20. The summed E-state index contributed by atoms with van der Waals surface area (Å²) in [5, 5.41) is 4.51. The smallest absolute Gasteiger partial charge is 0.131 e. The number of nitrogens with two attached hydrogens (primary N) is 1. The first-order chi connectivity index (χ1) is 8.54. The fourth-order valence-electron chi connectivity index (χ4n) is 3.17. The predicted molar refractivity (Wildman–Crippen MR) is 75.7 cm³/mol. The number of rotatable bonds is 3. The van der Waals surface area contributed by atoms with Crippen LogP contribution in [0.2, 0.25) is 0 Å². The van der Waals surface area contributed by atoms with Crippen molar-refractivity contribution in [2.45, 2.75) is 52.1 Å². The second-order valence-electron chi connectivity index (χ2n) is 5.74. The van der Waals surface area contributed by atoms with Crippen LogP contribution in [-0.4, -0.2) is 22.9 Å². The molecule has 1 aliphatic rings.